The number of hydrogen-bond acceptors (Lipinski definition) is 2. The smallest absolute Gasteiger partial charge is 0.409 e. The van der Waals surface area contributed by atoms with Gasteiger partial charge in [-0.15, -0.1) is 0 Å². The molecule has 3 nitrogen and oxygen atoms in total. The maximum Gasteiger partial charge on any atom is 0.409 e. The number of carbonyl (C=O) groups is 1. The molecule has 3 heteroatoms. The van der Waals surface area contributed by atoms with E-state index in [1.807, 2.05) is 36.4 Å². The quantitative estimate of drug-likeness (QED) is 0.811. The highest BCUT2D eigenvalue weighted by Gasteiger charge is 2.13. The number of hydrogen-bond donors (Lipinski definition) is 0. The monoisotopic (exact) mass is 283 g/mol. The van der Waals surface area contributed by atoms with Crippen LogP contribution in [0.25, 0.3) is 0 Å². The molecule has 0 saturated heterocycles. The molecule has 0 fully saturated rings. The highest BCUT2D eigenvalue weighted by atomic mass is 16.5. The maximum atomic E-state index is 11.9. The van der Waals surface area contributed by atoms with Crippen molar-refractivity contribution in [3.8, 4) is 0 Å². The van der Waals surface area contributed by atoms with E-state index in [9.17, 15) is 4.79 Å². The van der Waals surface area contributed by atoms with Crippen LogP contribution < -0.4 is 0 Å². The van der Waals surface area contributed by atoms with Gasteiger partial charge in [-0.25, -0.2) is 4.79 Å². The number of rotatable bonds is 6. The number of nitrogens with zero attached hydrogens (tertiary/aromatic N) is 1. The Morgan fingerprint density at radius 1 is 0.857 bits per heavy atom. The van der Waals surface area contributed by atoms with E-state index in [4.69, 9.17) is 4.74 Å². The van der Waals surface area contributed by atoms with E-state index in [1.54, 1.807) is 4.90 Å². The van der Waals surface area contributed by atoms with E-state index in [2.05, 4.69) is 24.3 Å². The first-order valence-corrected chi connectivity index (χ1v) is 7.20. The lowest BCUT2D eigenvalue weighted by atomic mass is 10.1. The molecule has 1 amide bonds. The molecule has 0 unspecified atom stereocenters. The van der Waals surface area contributed by atoms with Crippen LogP contribution in [0.5, 0.6) is 0 Å². The Morgan fingerprint density at radius 2 is 1.29 bits per heavy atom. The lowest BCUT2D eigenvalue weighted by Gasteiger charge is -2.21. The highest BCUT2D eigenvalue weighted by Crippen LogP contribution is 2.06. The van der Waals surface area contributed by atoms with E-state index in [1.165, 1.54) is 18.2 Å². The zero-order chi connectivity index (χ0) is 14.9. The molecule has 2 rings (SSSR count). The summed E-state index contributed by atoms with van der Waals surface area (Å²) in [5.74, 6) is 0. The Hall–Kier alpha value is -2.29. The molecule has 110 valence electrons. The van der Waals surface area contributed by atoms with Crippen LogP contribution in [0.1, 0.15) is 11.1 Å². The molecular formula is C18H21NO2. The molecule has 0 radical (unpaired) electrons. The number of carbonyl (C=O) groups excluding carboxylic acids is 1. The average Bonchev–Trinajstić information content (AvgIpc) is 2.56. The Kier molecular flexibility index (Phi) is 5.83. The Morgan fingerprint density at radius 3 is 1.67 bits per heavy atom. The molecule has 0 N–H and O–H groups in total. The van der Waals surface area contributed by atoms with Crippen molar-refractivity contribution in [3.63, 3.8) is 0 Å². The largest absolute Gasteiger partial charge is 0.453 e. The Balaban J connectivity index is 1.90. The number of amides is 1. The average molecular weight is 283 g/mol. The molecule has 0 aromatic heterocycles. The summed E-state index contributed by atoms with van der Waals surface area (Å²) in [4.78, 5) is 13.6. The molecule has 0 aliphatic carbocycles. The minimum absolute atomic E-state index is 0.262. The van der Waals surface area contributed by atoms with Crippen molar-refractivity contribution in [1.29, 1.82) is 0 Å². The van der Waals surface area contributed by atoms with E-state index in [-0.39, 0.29) is 6.09 Å². The summed E-state index contributed by atoms with van der Waals surface area (Å²) in [6, 6.07) is 20.4. The van der Waals surface area contributed by atoms with Crippen LogP contribution in [0.3, 0.4) is 0 Å². The predicted octanol–water partition coefficient (Wildman–Crippen LogP) is 3.54. The first-order chi connectivity index (χ1) is 10.3. The zero-order valence-corrected chi connectivity index (χ0v) is 12.4. The van der Waals surface area contributed by atoms with E-state index in [0.717, 1.165) is 12.8 Å². The van der Waals surface area contributed by atoms with E-state index >= 15 is 0 Å². The highest BCUT2D eigenvalue weighted by molar-refractivity contribution is 5.67. The second-order valence-electron chi connectivity index (χ2n) is 4.93. The number of ether oxygens (including phenoxy) is 1. The van der Waals surface area contributed by atoms with Gasteiger partial charge in [0.2, 0.25) is 0 Å². The van der Waals surface area contributed by atoms with Crippen LogP contribution in [0.15, 0.2) is 60.7 Å². The molecule has 2 aromatic carbocycles. The minimum atomic E-state index is -0.262. The summed E-state index contributed by atoms with van der Waals surface area (Å²) in [7, 11) is 1.43. The summed E-state index contributed by atoms with van der Waals surface area (Å²) in [5.41, 5.74) is 2.46. The summed E-state index contributed by atoms with van der Waals surface area (Å²) in [6.07, 6.45) is 1.41. The van der Waals surface area contributed by atoms with E-state index < -0.39 is 0 Å². The second-order valence-corrected chi connectivity index (χ2v) is 4.93. The van der Waals surface area contributed by atoms with Gasteiger partial charge < -0.3 is 9.64 Å². The molecule has 0 spiro atoms. The minimum Gasteiger partial charge on any atom is -0.453 e. The molecule has 2 aromatic rings. The third kappa shape index (κ3) is 4.95. The van der Waals surface area contributed by atoms with Gasteiger partial charge in [0.1, 0.15) is 0 Å². The van der Waals surface area contributed by atoms with Gasteiger partial charge in [-0.05, 0) is 24.0 Å². The fourth-order valence-electron chi connectivity index (χ4n) is 2.24. The normalized spacial score (nSPS) is 10.1. The second kappa shape index (κ2) is 8.10. The third-order valence-corrected chi connectivity index (χ3v) is 3.46. The predicted molar refractivity (Wildman–Crippen MR) is 84.3 cm³/mol. The van der Waals surface area contributed by atoms with Gasteiger partial charge in [-0.2, -0.15) is 0 Å². The molecule has 21 heavy (non-hydrogen) atoms. The fraction of sp³-hybridized carbons (Fsp3) is 0.278. The van der Waals surface area contributed by atoms with Gasteiger partial charge >= 0.3 is 6.09 Å². The van der Waals surface area contributed by atoms with Crippen molar-refractivity contribution in [2.45, 2.75) is 12.8 Å². The van der Waals surface area contributed by atoms with Crippen LogP contribution in [0.2, 0.25) is 0 Å². The van der Waals surface area contributed by atoms with Crippen molar-refractivity contribution in [3.05, 3.63) is 71.8 Å². The van der Waals surface area contributed by atoms with Gasteiger partial charge in [-0.1, -0.05) is 60.7 Å². The van der Waals surface area contributed by atoms with Crippen molar-refractivity contribution < 1.29 is 9.53 Å². The number of benzene rings is 2. The summed E-state index contributed by atoms with van der Waals surface area (Å²) in [6.45, 7) is 1.34. The molecular weight excluding hydrogens is 262 g/mol. The van der Waals surface area contributed by atoms with Gasteiger partial charge in [0.15, 0.2) is 0 Å². The molecule has 0 atom stereocenters. The zero-order valence-electron chi connectivity index (χ0n) is 12.4. The van der Waals surface area contributed by atoms with Gasteiger partial charge in [-0.3, -0.25) is 0 Å². The Labute approximate surface area is 126 Å². The van der Waals surface area contributed by atoms with Crippen LogP contribution in [-0.4, -0.2) is 31.2 Å². The van der Waals surface area contributed by atoms with Crippen LogP contribution in [0, 0.1) is 0 Å². The fourth-order valence-corrected chi connectivity index (χ4v) is 2.24. The van der Waals surface area contributed by atoms with Crippen LogP contribution in [0.4, 0.5) is 4.79 Å². The number of methoxy groups -OCH3 is 1. The topological polar surface area (TPSA) is 29.5 Å². The van der Waals surface area contributed by atoms with Crippen molar-refractivity contribution >= 4 is 6.09 Å². The van der Waals surface area contributed by atoms with Crippen LogP contribution in [-0.2, 0) is 17.6 Å². The van der Waals surface area contributed by atoms with E-state index in [0.29, 0.717) is 13.1 Å². The lowest BCUT2D eigenvalue weighted by molar-refractivity contribution is 0.124. The van der Waals surface area contributed by atoms with Crippen molar-refractivity contribution in [1.82, 2.24) is 4.90 Å². The van der Waals surface area contributed by atoms with Gasteiger partial charge in [0.05, 0.1) is 7.11 Å². The van der Waals surface area contributed by atoms with Crippen molar-refractivity contribution in [2.75, 3.05) is 20.2 Å². The standard InChI is InChI=1S/C18H21NO2/c1-21-18(20)19(14-12-16-8-4-2-5-9-16)15-13-17-10-6-3-7-11-17/h2-11H,12-15H2,1H3. The molecule has 0 heterocycles. The summed E-state index contributed by atoms with van der Waals surface area (Å²) >= 11 is 0. The first kappa shape index (κ1) is 15.1. The SMILES string of the molecule is COC(=O)N(CCc1ccccc1)CCc1ccccc1. The maximum absolute atomic E-state index is 11.9. The van der Waals surface area contributed by atoms with Gasteiger partial charge in [0, 0.05) is 13.1 Å². The molecule has 0 saturated carbocycles. The lowest BCUT2D eigenvalue weighted by Crippen LogP contribution is -2.34. The third-order valence-electron chi connectivity index (χ3n) is 3.46. The van der Waals surface area contributed by atoms with Crippen LogP contribution >= 0.6 is 0 Å². The molecule has 0 bridgehead atoms. The molecule has 0 aliphatic rings. The van der Waals surface area contributed by atoms with Crippen molar-refractivity contribution in [2.24, 2.45) is 0 Å². The summed E-state index contributed by atoms with van der Waals surface area (Å²) in [5, 5.41) is 0. The first-order valence-electron chi connectivity index (χ1n) is 7.20. The summed E-state index contributed by atoms with van der Waals surface area (Å²) < 4.78 is 4.88. The molecule has 0 aliphatic heterocycles. The van der Waals surface area contributed by atoms with Gasteiger partial charge in [0.25, 0.3) is 0 Å². The Bertz CT molecular complexity index is 496.